The summed E-state index contributed by atoms with van der Waals surface area (Å²) < 4.78 is 53.1. The van der Waals surface area contributed by atoms with E-state index in [1.165, 1.54) is 6.07 Å². The van der Waals surface area contributed by atoms with Gasteiger partial charge < -0.3 is 15.6 Å². The van der Waals surface area contributed by atoms with Gasteiger partial charge in [-0.1, -0.05) is 26.8 Å². The minimum atomic E-state index is -4.96. The molecule has 122 valence electrons. The average Bonchev–Trinajstić information content (AvgIpc) is 2.27. The summed E-state index contributed by atoms with van der Waals surface area (Å²) in [5.74, 6) is -2.12. The molecule has 1 aromatic rings. The third kappa shape index (κ3) is 5.68. The van der Waals surface area contributed by atoms with E-state index in [1.807, 2.05) is 0 Å². The van der Waals surface area contributed by atoms with Crippen molar-refractivity contribution in [1.29, 1.82) is 0 Å². The van der Waals surface area contributed by atoms with Crippen LogP contribution in [0.5, 0.6) is 5.75 Å². The number of benzene rings is 1. The first-order chi connectivity index (χ1) is 8.92. The van der Waals surface area contributed by atoms with Crippen molar-refractivity contribution in [1.82, 2.24) is 0 Å². The van der Waals surface area contributed by atoms with Crippen molar-refractivity contribution >= 4 is 12.4 Å². The van der Waals surface area contributed by atoms with E-state index in [9.17, 15) is 22.7 Å². The Balaban J connectivity index is 0.00000400. The fourth-order valence-electron chi connectivity index (χ4n) is 1.65. The van der Waals surface area contributed by atoms with E-state index in [1.54, 1.807) is 20.8 Å². The molecule has 0 aliphatic carbocycles. The number of aliphatic hydroxyl groups excluding tert-OH is 1. The molecule has 0 fully saturated rings. The molecule has 0 heterocycles. The van der Waals surface area contributed by atoms with Crippen LogP contribution in [0, 0.1) is 11.2 Å². The Hall–Kier alpha value is -1.05. The quantitative estimate of drug-likeness (QED) is 0.833. The van der Waals surface area contributed by atoms with Crippen LogP contribution in [0.1, 0.15) is 32.4 Å². The van der Waals surface area contributed by atoms with Gasteiger partial charge in [-0.2, -0.15) is 0 Å². The molecule has 1 aromatic carbocycles. The molecule has 2 atom stereocenters. The van der Waals surface area contributed by atoms with E-state index in [-0.39, 0.29) is 18.0 Å². The highest BCUT2D eigenvalue weighted by atomic mass is 35.5. The van der Waals surface area contributed by atoms with Gasteiger partial charge in [-0.25, -0.2) is 4.39 Å². The predicted molar refractivity (Wildman–Crippen MR) is 72.7 cm³/mol. The van der Waals surface area contributed by atoms with Crippen LogP contribution in [0.15, 0.2) is 18.2 Å². The molecule has 0 unspecified atom stereocenters. The molecule has 0 aliphatic rings. The van der Waals surface area contributed by atoms with Gasteiger partial charge in [-0.3, -0.25) is 0 Å². The van der Waals surface area contributed by atoms with Crippen LogP contribution in [0.2, 0.25) is 0 Å². The summed E-state index contributed by atoms with van der Waals surface area (Å²) in [5.41, 5.74) is 5.44. The Morgan fingerprint density at radius 1 is 1.19 bits per heavy atom. The van der Waals surface area contributed by atoms with Gasteiger partial charge >= 0.3 is 6.36 Å². The van der Waals surface area contributed by atoms with E-state index < -0.39 is 35.5 Å². The van der Waals surface area contributed by atoms with Gasteiger partial charge in [-0.15, -0.1) is 25.6 Å². The Bertz CT molecular complexity index is 474. The first-order valence-electron chi connectivity index (χ1n) is 5.90. The number of aliphatic hydroxyl groups is 1. The largest absolute Gasteiger partial charge is 0.573 e. The lowest BCUT2D eigenvalue weighted by atomic mass is 9.82. The number of hydrogen-bond acceptors (Lipinski definition) is 3. The molecule has 0 saturated carbocycles. The van der Waals surface area contributed by atoms with Crippen LogP contribution >= 0.6 is 12.4 Å². The summed E-state index contributed by atoms with van der Waals surface area (Å²) >= 11 is 0. The van der Waals surface area contributed by atoms with E-state index in [0.717, 1.165) is 12.1 Å². The van der Waals surface area contributed by atoms with Crippen molar-refractivity contribution in [2.75, 3.05) is 0 Å². The molecule has 0 saturated heterocycles. The van der Waals surface area contributed by atoms with Gasteiger partial charge in [0, 0.05) is 0 Å². The van der Waals surface area contributed by atoms with Gasteiger partial charge in [0.25, 0.3) is 0 Å². The second-order valence-electron chi connectivity index (χ2n) is 5.57. The Labute approximate surface area is 126 Å². The van der Waals surface area contributed by atoms with Crippen molar-refractivity contribution in [3.8, 4) is 5.75 Å². The Morgan fingerprint density at radius 3 is 2.10 bits per heavy atom. The highest BCUT2D eigenvalue weighted by molar-refractivity contribution is 5.85. The number of hydrogen-bond donors (Lipinski definition) is 2. The molecule has 0 radical (unpaired) electrons. The third-order valence-electron chi connectivity index (χ3n) is 2.79. The number of alkyl halides is 3. The van der Waals surface area contributed by atoms with Gasteiger partial charge in [0.15, 0.2) is 11.6 Å². The van der Waals surface area contributed by atoms with Crippen molar-refractivity contribution < 1.29 is 27.4 Å². The lowest BCUT2D eigenvalue weighted by Gasteiger charge is -2.31. The standard InChI is InChI=1S/C13H17F4NO2.ClH/c1-12(2,3)11(19)10(18)7-4-5-9(8(14)6-7)20-13(15,16)17;/h4-6,10-11,19H,18H2,1-3H3;1H/t10-,11-;/m1./s1. The highest BCUT2D eigenvalue weighted by Crippen LogP contribution is 2.31. The van der Waals surface area contributed by atoms with E-state index >= 15 is 0 Å². The second kappa shape index (κ2) is 6.81. The maximum Gasteiger partial charge on any atom is 0.573 e. The summed E-state index contributed by atoms with van der Waals surface area (Å²) in [6.07, 6.45) is -5.94. The van der Waals surface area contributed by atoms with E-state index in [4.69, 9.17) is 5.73 Å². The minimum absolute atomic E-state index is 0. The molecule has 0 bridgehead atoms. The monoisotopic (exact) mass is 331 g/mol. The molecule has 3 N–H and O–H groups in total. The zero-order valence-electron chi connectivity index (χ0n) is 11.7. The first kappa shape index (κ1) is 19.9. The van der Waals surface area contributed by atoms with Crippen LogP contribution in [0.25, 0.3) is 0 Å². The normalized spacial score (nSPS) is 15.1. The molecule has 0 aromatic heterocycles. The number of rotatable bonds is 3. The van der Waals surface area contributed by atoms with Crippen LogP contribution < -0.4 is 10.5 Å². The Morgan fingerprint density at radius 2 is 1.71 bits per heavy atom. The topological polar surface area (TPSA) is 55.5 Å². The molecule has 8 heteroatoms. The van der Waals surface area contributed by atoms with Crippen molar-refractivity contribution in [2.45, 2.75) is 39.3 Å². The average molecular weight is 332 g/mol. The summed E-state index contributed by atoms with van der Waals surface area (Å²) in [6.45, 7) is 5.24. The summed E-state index contributed by atoms with van der Waals surface area (Å²) in [5, 5.41) is 10.00. The molecule has 0 aliphatic heterocycles. The van der Waals surface area contributed by atoms with Crippen LogP contribution in [0.4, 0.5) is 17.6 Å². The van der Waals surface area contributed by atoms with Gasteiger partial charge in [0.05, 0.1) is 12.1 Å². The predicted octanol–water partition coefficient (Wildman–Crippen LogP) is 3.55. The molecule has 3 nitrogen and oxygen atoms in total. The number of nitrogens with two attached hydrogens (primary N) is 1. The molecule has 0 spiro atoms. The fraction of sp³-hybridized carbons (Fsp3) is 0.538. The highest BCUT2D eigenvalue weighted by Gasteiger charge is 2.33. The lowest BCUT2D eigenvalue weighted by Crippen LogP contribution is -2.37. The van der Waals surface area contributed by atoms with Crippen LogP contribution in [-0.4, -0.2) is 17.6 Å². The second-order valence-corrected chi connectivity index (χ2v) is 5.57. The van der Waals surface area contributed by atoms with Gasteiger partial charge in [-0.05, 0) is 23.1 Å². The molecular weight excluding hydrogens is 314 g/mol. The SMILES string of the molecule is CC(C)(C)[C@H](O)[C@H](N)c1ccc(OC(F)(F)F)c(F)c1.Cl. The van der Waals surface area contributed by atoms with Crippen molar-refractivity contribution in [3.63, 3.8) is 0 Å². The van der Waals surface area contributed by atoms with Crippen LogP contribution in [0.3, 0.4) is 0 Å². The molecular formula is C13H18ClF4NO2. The van der Waals surface area contributed by atoms with E-state index in [0.29, 0.717) is 0 Å². The smallest absolute Gasteiger partial charge is 0.403 e. The molecule has 1 rings (SSSR count). The number of halogens is 5. The van der Waals surface area contributed by atoms with Crippen molar-refractivity contribution in [2.24, 2.45) is 11.1 Å². The molecule has 21 heavy (non-hydrogen) atoms. The van der Waals surface area contributed by atoms with Crippen LogP contribution in [-0.2, 0) is 0 Å². The lowest BCUT2D eigenvalue weighted by molar-refractivity contribution is -0.275. The van der Waals surface area contributed by atoms with E-state index in [2.05, 4.69) is 4.74 Å². The minimum Gasteiger partial charge on any atom is -0.403 e. The third-order valence-corrected chi connectivity index (χ3v) is 2.79. The Kier molecular flexibility index (Phi) is 6.47. The summed E-state index contributed by atoms with van der Waals surface area (Å²) in [4.78, 5) is 0. The van der Waals surface area contributed by atoms with Crippen molar-refractivity contribution in [3.05, 3.63) is 29.6 Å². The summed E-state index contributed by atoms with van der Waals surface area (Å²) in [7, 11) is 0. The zero-order valence-corrected chi connectivity index (χ0v) is 12.6. The fourth-order valence-corrected chi connectivity index (χ4v) is 1.65. The molecule has 0 amide bonds. The maximum atomic E-state index is 13.5. The van der Waals surface area contributed by atoms with Gasteiger partial charge in [0.2, 0.25) is 0 Å². The summed E-state index contributed by atoms with van der Waals surface area (Å²) in [6, 6.07) is 1.96. The van der Waals surface area contributed by atoms with Gasteiger partial charge in [0.1, 0.15) is 0 Å². The number of ether oxygens (including phenoxy) is 1. The zero-order chi connectivity index (χ0) is 15.7. The maximum absolute atomic E-state index is 13.5. The first-order valence-corrected chi connectivity index (χ1v) is 5.90.